The smallest absolute Gasteiger partial charge is 0.123 e. The molecule has 4 nitrogen and oxygen atoms in total. The van der Waals surface area contributed by atoms with Crippen LogP contribution >= 0.6 is 11.6 Å². The molecule has 5 heteroatoms. The number of phenols is 1. The molecule has 0 saturated heterocycles. The van der Waals surface area contributed by atoms with E-state index in [-0.39, 0.29) is 11.8 Å². The molecule has 1 unspecified atom stereocenters. The summed E-state index contributed by atoms with van der Waals surface area (Å²) >= 11 is 6.06. The fourth-order valence-electron chi connectivity index (χ4n) is 1.85. The normalized spacial score (nSPS) is 12.6. The Hall–Kier alpha value is -1.52. The Morgan fingerprint density at radius 1 is 1.50 bits per heavy atom. The molecular formula is C13H16ClN3O. The minimum absolute atomic E-state index is 0.121. The summed E-state index contributed by atoms with van der Waals surface area (Å²) in [5.74, 6) is 1.10. The van der Waals surface area contributed by atoms with Crippen molar-refractivity contribution >= 4 is 11.6 Å². The third kappa shape index (κ3) is 2.83. The Morgan fingerprint density at radius 3 is 2.94 bits per heavy atom. The van der Waals surface area contributed by atoms with Gasteiger partial charge >= 0.3 is 0 Å². The summed E-state index contributed by atoms with van der Waals surface area (Å²) in [6, 6.07) is 5.25. The highest BCUT2D eigenvalue weighted by Crippen LogP contribution is 2.25. The number of nitrogens with one attached hydrogen (secondary N) is 2. The van der Waals surface area contributed by atoms with E-state index in [0.29, 0.717) is 17.1 Å². The van der Waals surface area contributed by atoms with Crippen molar-refractivity contribution in [1.82, 2.24) is 15.3 Å². The minimum Gasteiger partial charge on any atom is -0.508 e. The van der Waals surface area contributed by atoms with Crippen molar-refractivity contribution in [3.8, 4) is 5.75 Å². The van der Waals surface area contributed by atoms with Crippen molar-refractivity contribution < 1.29 is 5.11 Å². The molecule has 96 valence electrons. The lowest BCUT2D eigenvalue weighted by Gasteiger charge is -2.15. The van der Waals surface area contributed by atoms with Crippen LogP contribution in [0.3, 0.4) is 0 Å². The predicted octanol–water partition coefficient (Wildman–Crippen LogP) is 3.01. The highest BCUT2D eigenvalue weighted by molar-refractivity contribution is 6.31. The van der Waals surface area contributed by atoms with E-state index in [4.69, 9.17) is 11.6 Å². The Morgan fingerprint density at radius 2 is 2.33 bits per heavy atom. The first-order chi connectivity index (χ1) is 8.72. The Kier molecular flexibility index (Phi) is 4.23. The number of halogens is 1. The first-order valence-corrected chi connectivity index (χ1v) is 6.29. The lowest BCUT2D eigenvalue weighted by Crippen LogP contribution is -2.21. The molecule has 0 saturated carbocycles. The quantitative estimate of drug-likeness (QED) is 0.779. The van der Waals surface area contributed by atoms with Gasteiger partial charge in [-0.2, -0.15) is 0 Å². The van der Waals surface area contributed by atoms with Crippen LogP contribution in [0.5, 0.6) is 5.75 Å². The van der Waals surface area contributed by atoms with Gasteiger partial charge in [0.15, 0.2) is 0 Å². The summed E-state index contributed by atoms with van der Waals surface area (Å²) in [7, 11) is 0. The lowest BCUT2D eigenvalue weighted by atomic mass is 10.1. The van der Waals surface area contributed by atoms with Crippen LogP contribution in [0.1, 0.15) is 30.8 Å². The molecule has 0 fully saturated rings. The molecule has 0 aliphatic heterocycles. The summed E-state index contributed by atoms with van der Waals surface area (Å²) in [5, 5.41) is 13.7. The van der Waals surface area contributed by atoms with Gasteiger partial charge in [0.2, 0.25) is 0 Å². The largest absolute Gasteiger partial charge is 0.508 e. The molecule has 1 aromatic carbocycles. The van der Waals surface area contributed by atoms with Crippen LogP contribution in [-0.4, -0.2) is 15.1 Å². The summed E-state index contributed by atoms with van der Waals surface area (Å²) in [6.07, 6.45) is 4.43. The zero-order chi connectivity index (χ0) is 13.0. The van der Waals surface area contributed by atoms with Gasteiger partial charge in [-0.15, -0.1) is 0 Å². The average Bonchev–Trinajstić information content (AvgIpc) is 2.87. The number of aromatic amines is 1. The first-order valence-electron chi connectivity index (χ1n) is 5.91. The van der Waals surface area contributed by atoms with Crippen molar-refractivity contribution in [2.75, 3.05) is 0 Å². The van der Waals surface area contributed by atoms with E-state index >= 15 is 0 Å². The van der Waals surface area contributed by atoms with Gasteiger partial charge in [-0.25, -0.2) is 4.98 Å². The summed E-state index contributed by atoms with van der Waals surface area (Å²) in [5.41, 5.74) is 0.712. The molecule has 0 radical (unpaired) electrons. The van der Waals surface area contributed by atoms with Gasteiger partial charge in [-0.05, 0) is 18.6 Å². The monoisotopic (exact) mass is 265 g/mol. The lowest BCUT2D eigenvalue weighted by molar-refractivity contribution is 0.451. The van der Waals surface area contributed by atoms with Gasteiger partial charge in [0.25, 0.3) is 0 Å². The average molecular weight is 266 g/mol. The Bertz CT molecular complexity index is 479. The van der Waals surface area contributed by atoms with E-state index in [1.807, 2.05) is 0 Å². The van der Waals surface area contributed by atoms with Gasteiger partial charge in [0, 0.05) is 29.5 Å². The van der Waals surface area contributed by atoms with E-state index in [9.17, 15) is 5.11 Å². The molecular weight excluding hydrogens is 250 g/mol. The maximum atomic E-state index is 9.76. The maximum Gasteiger partial charge on any atom is 0.123 e. The second kappa shape index (κ2) is 5.89. The number of H-pyrrole nitrogens is 1. The van der Waals surface area contributed by atoms with Gasteiger partial charge in [0.05, 0.1) is 6.04 Å². The highest BCUT2D eigenvalue weighted by atomic mass is 35.5. The van der Waals surface area contributed by atoms with Crippen LogP contribution in [0.25, 0.3) is 0 Å². The zero-order valence-corrected chi connectivity index (χ0v) is 10.9. The van der Waals surface area contributed by atoms with E-state index in [1.54, 1.807) is 30.6 Å². The van der Waals surface area contributed by atoms with Crippen LogP contribution in [0.2, 0.25) is 5.02 Å². The number of hydrogen-bond donors (Lipinski definition) is 3. The van der Waals surface area contributed by atoms with Gasteiger partial charge < -0.3 is 15.4 Å². The van der Waals surface area contributed by atoms with Gasteiger partial charge in [0.1, 0.15) is 11.6 Å². The van der Waals surface area contributed by atoms with Crippen molar-refractivity contribution in [3.05, 3.63) is 47.0 Å². The number of imidazole rings is 1. The fourth-order valence-corrected chi connectivity index (χ4v) is 2.09. The molecule has 0 amide bonds. The molecule has 1 atom stereocenters. The van der Waals surface area contributed by atoms with Crippen molar-refractivity contribution in [3.63, 3.8) is 0 Å². The van der Waals surface area contributed by atoms with E-state index in [1.165, 1.54) is 0 Å². The van der Waals surface area contributed by atoms with Crippen molar-refractivity contribution in [1.29, 1.82) is 0 Å². The number of rotatable bonds is 5. The second-order valence-corrected chi connectivity index (χ2v) is 4.46. The third-order valence-electron chi connectivity index (χ3n) is 2.88. The molecule has 0 bridgehead atoms. The Labute approximate surface area is 111 Å². The van der Waals surface area contributed by atoms with Crippen LogP contribution in [-0.2, 0) is 6.54 Å². The molecule has 3 N–H and O–H groups in total. The summed E-state index contributed by atoms with van der Waals surface area (Å²) < 4.78 is 0. The molecule has 1 aromatic heterocycles. The molecule has 0 aliphatic carbocycles. The van der Waals surface area contributed by atoms with E-state index < -0.39 is 0 Å². The number of hydrogen-bond acceptors (Lipinski definition) is 3. The molecule has 2 rings (SSSR count). The van der Waals surface area contributed by atoms with Crippen molar-refractivity contribution in [2.45, 2.75) is 25.9 Å². The van der Waals surface area contributed by atoms with Crippen LogP contribution < -0.4 is 5.32 Å². The number of aromatic nitrogens is 2. The highest BCUT2D eigenvalue weighted by Gasteiger charge is 2.13. The third-order valence-corrected chi connectivity index (χ3v) is 3.23. The van der Waals surface area contributed by atoms with E-state index in [0.717, 1.165) is 12.2 Å². The minimum atomic E-state index is 0.121. The molecule has 2 aromatic rings. The first kappa shape index (κ1) is 12.9. The fraction of sp³-hybridized carbons (Fsp3) is 0.308. The van der Waals surface area contributed by atoms with Crippen LogP contribution in [0.15, 0.2) is 30.6 Å². The van der Waals surface area contributed by atoms with Crippen LogP contribution in [0.4, 0.5) is 0 Å². The number of benzene rings is 1. The number of aromatic hydroxyl groups is 1. The summed E-state index contributed by atoms with van der Waals surface area (Å²) in [6.45, 7) is 2.58. The molecule has 18 heavy (non-hydrogen) atoms. The number of phenolic OH excluding ortho intramolecular Hbond substituents is 1. The Balaban J connectivity index is 2.06. The van der Waals surface area contributed by atoms with E-state index in [2.05, 4.69) is 22.2 Å². The standard InChI is InChI=1S/C13H16ClN3O/c1-2-11(13-15-6-7-16-13)17-8-9-10(14)4-3-5-12(9)18/h3-7,11,17-18H,2,8H2,1H3,(H,15,16). The maximum absolute atomic E-state index is 9.76. The molecule has 0 aliphatic rings. The topological polar surface area (TPSA) is 60.9 Å². The predicted molar refractivity (Wildman–Crippen MR) is 71.6 cm³/mol. The number of nitrogens with zero attached hydrogens (tertiary/aromatic N) is 1. The molecule has 1 heterocycles. The van der Waals surface area contributed by atoms with Crippen LogP contribution in [0, 0.1) is 0 Å². The SMILES string of the molecule is CCC(NCc1c(O)cccc1Cl)c1ncc[nH]1. The second-order valence-electron chi connectivity index (χ2n) is 4.05. The van der Waals surface area contributed by atoms with Gasteiger partial charge in [-0.1, -0.05) is 24.6 Å². The van der Waals surface area contributed by atoms with Crippen molar-refractivity contribution in [2.24, 2.45) is 0 Å². The zero-order valence-electron chi connectivity index (χ0n) is 10.2. The summed E-state index contributed by atoms with van der Waals surface area (Å²) in [4.78, 5) is 7.32. The van der Waals surface area contributed by atoms with Gasteiger partial charge in [-0.3, -0.25) is 0 Å². The molecule has 0 spiro atoms.